The van der Waals surface area contributed by atoms with Gasteiger partial charge in [0.25, 0.3) is 0 Å². The first-order valence-electron chi connectivity index (χ1n) is 12.9. The Hall–Kier alpha value is -3.17. The molecule has 7 nitrogen and oxygen atoms in total. The van der Waals surface area contributed by atoms with Crippen LogP contribution in [0.25, 0.3) is 5.57 Å². The van der Waals surface area contributed by atoms with E-state index in [-0.39, 0.29) is 30.1 Å². The van der Waals surface area contributed by atoms with Gasteiger partial charge in [-0.3, -0.25) is 9.78 Å². The number of carbonyl (C=O) groups is 1. The number of hydrogen-bond donors (Lipinski definition) is 2. The molecule has 1 amide bonds. The molecular weight excluding hydrogens is 565 g/mol. The molecule has 0 unspecified atom stereocenters. The number of anilines is 3. The average molecular weight is 597 g/mol. The van der Waals surface area contributed by atoms with Crippen molar-refractivity contribution >= 4 is 69.1 Å². The number of likely N-dealkylation sites (N-methyl/N-ethyl adjacent to an activating group) is 1. The fourth-order valence-corrected chi connectivity index (χ4v) is 6.27. The summed E-state index contributed by atoms with van der Waals surface area (Å²) in [4.78, 5) is 21.0. The number of fused-ring (bicyclic) bond motifs is 1. The minimum atomic E-state index is -0.321. The first-order chi connectivity index (χ1) is 19.0. The molecule has 1 saturated heterocycles. The Morgan fingerprint density at radius 1 is 1.18 bits per heavy atom. The molecule has 2 N–H and O–H groups in total. The molecule has 2 atom stereocenters. The Morgan fingerprint density at radius 2 is 1.95 bits per heavy atom. The van der Waals surface area contributed by atoms with Gasteiger partial charge in [0, 0.05) is 42.3 Å². The number of nitrogens with zero attached hydrogens (tertiary/aromatic N) is 3. The summed E-state index contributed by atoms with van der Waals surface area (Å²) < 4.78 is 4.91. The topological polar surface area (TPSA) is 69.7 Å². The summed E-state index contributed by atoms with van der Waals surface area (Å²) in [5.74, 6) is -0.291. The summed E-state index contributed by atoms with van der Waals surface area (Å²) in [5.41, 5.74) is 6.24. The van der Waals surface area contributed by atoms with Gasteiger partial charge in [0.05, 0.1) is 34.0 Å². The van der Waals surface area contributed by atoms with Crippen molar-refractivity contribution in [2.75, 3.05) is 35.9 Å². The number of thiocarbonyl (C=S) groups is 1. The third-order valence-electron chi connectivity index (χ3n) is 7.53. The van der Waals surface area contributed by atoms with Crippen LogP contribution in [0, 0.1) is 0 Å². The number of ether oxygens (including phenoxy) is 1. The van der Waals surface area contributed by atoms with Crippen LogP contribution in [0.1, 0.15) is 49.7 Å². The molecule has 0 saturated carbocycles. The van der Waals surface area contributed by atoms with Gasteiger partial charge >= 0.3 is 0 Å². The second kappa shape index (κ2) is 11.0. The van der Waals surface area contributed by atoms with Gasteiger partial charge in [-0.15, -0.1) is 0 Å². The molecule has 0 aliphatic carbocycles. The highest BCUT2D eigenvalue weighted by Gasteiger charge is 2.42. The van der Waals surface area contributed by atoms with Crippen LogP contribution in [0.5, 0.6) is 0 Å². The molecule has 2 aliphatic heterocycles. The first kappa shape index (κ1) is 28.4. The van der Waals surface area contributed by atoms with Crippen LogP contribution in [-0.2, 0) is 9.53 Å². The summed E-state index contributed by atoms with van der Waals surface area (Å²) in [7, 11) is 3.55. The summed E-state index contributed by atoms with van der Waals surface area (Å²) in [5, 5.41) is 7.78. The molecule has 40 heavy (non-hydrogen) atoms. The average Bonchev–Trinajstić information content (AvgIpc) is 3.25. The third kappa shape index (κ3) is 5.17. The van der Waals surface area contributed by atoms with E-state index in [1.165, 1.54) is 12.7 Å². The van der Waals surface area contributed by atoms with Crippen molar-refractivity contribution < 1.29 is 9.53 Å². The second-order valence-electron chi connectivity index (χ2n) is 10.6. The Morgan fingerprint density at radius 3 is 2.62 bits per heavy atom. The van der Waals surface area contributed by atoms with Gasteiger partial charge in [0.1, 0.15) is 6.61 Å². The van der Waals surface area contributed by atoms with E-state index in [4.69, 9.17) is 40.2 Å². The van der Waals surface area contributed by atoms with E-state index in [2.05, 4.69) is 60.5 Å². The highest BCUT2D eigenvalue weighted by Crippen LogP contribution is 2.48. The van der Waals surface area contributed by atoms with E-state index >= 15 is 0 Å². The van der Waals surface area contributed by atoms with Crippen molar-refractivity contribution in [1.82, 2.24) is 10.3 Å². The highest BCUT2D eigenvalue weighted by molar-refractivity contribution is 7.80. The van der Waals surface area contributed by atoms with Crippen LogP contribution in [0.15, 0.2) is 60.8 Å². The van der Waals surface area contributed by atoms with E-state index in [0.717, 1.165) is 28.2 Å². The lowest BCUT2D eigenvalue weighted by Gasteiger charge is -2.41. The number of rotatable bonds is 6. The van der Waals surface area contributed by atoms with Crippen molar-refractivity contribution in [2.24, 2.45) is 0 Å². The first-order valence-corrected chi connectivity index (χ1v) is 14.0. The molecule has 1 aromatic heterocycles. The molecule has 3 heterocycles. The Kier molecular flexibility index (Phi) is 7.81. The largest absolute Gasteiger partial charge is 0.375 e. The maximum Gasteiger partial charge on any atom is 0.250 e. The zero-order valence-corrected chi connectivity index (χ0v) is 25.3. The number of nitrogens with one attached hydrogen (secondary N) is 2. The van der Waals surface area contributed by atoms with Crippen molar-refractivity contribution in [2.45, 2.75) is 38.4 Å². The summed E-state index contributed by atoms with van der Waals surface area (Å²) in [6.45, 7) is 6.44. The lowest BCUT2D eigenvalue weighted by molar-refractivity contribution is -0.119. The molecule has 1 fully saturated rings. The number of aromatic nitrogens is 1. The minimum absolute atomic E-state index is 0.0664. The zero-order chi connectivity index (χ0) is 28.8. The number of benzene rings is 2. The molecule has 0 radical (unpaired) electrons. The number of methoxy groups -OCH3 is 1. The second-order valence-corrected chi connectivity index (χ2v) is 11.8. The lowest BCUT2D eigenvalue weighted by atomic mass is 9.86. The van der Waals surface area contributed by atoms with Crippen molar-refractivity contribution in [3.05, 3.63) is 87.7 Å². The van der Waals surface area contributed by atoms with E-state index in [0.29, 0.717) is 20.8 Å². The number of pyridine rings is 1. The molecule has 2 aliphatic rings. The molecule has 208 valence electrons. The van der Waals surface area contributed by atoms with Crippen LogP contribution >= 0.6 is 35.4 Å². The smallest absolute Gasteiger partial charge is 0.250 e. The van der Waals surface area contributed by atoms with Crippen molar-refractivity contribution in [3.8, 4) is 0 Å². The van der Waals surface area contributed by atoms with Crippen LogP contribution < -0.4 is 20.4 Å². The maximum absolute atomic E-state index is 12.1. The highest BCUT2D eigenvalue weighted by atomic mass is 35.5. The lowest BCUT2D eigenvalue weighted by Crippen LogP contribution is -2.42. The Balaban J connectivity index is 1.63. The molecule has 0 bridgehead atoms. The molecule has 10 heteroatoms. The molecule has 2 aromatic carbocycles. The van der Waals surface area contributed by atoms with Crippen molar-refractivity contribution in [3.63, 3.8) is 0 Å². The fraction of sp³-hybridized carbons (Fsp3) is 0.300. The van der Waals surface area contributed by atoms with Gasteiger partial charge in [-0.25, -0.2) is 0 Å². The number of halogens is 2. The monoisotopic (exact) mass is 595 g/mol. The Labute approximate surface area is 250 Å². The number of allylic oxidation sites excluding steroid dienone is 1. The Bertz CT molecular complexity index is 1510. The molecule has 3 aromatic rings. The SMILES string of the molecule is COCC(=O)Nc1ccc(N2C(=S)N[C@@H](c3ccccn3)[C@H]2c2cc3c(cc2Cl)N(C)C(C)(C)C=C3C)cc1Cl. The van der Waals surface area contributed by atoms with E-state index in [1.807, 2.05) is 35.2 Å². The summed E-state index contributed by atoms with van der Waals surface area (Å²) in [6.07, 6.45) is 4.04. The standard InChI is InChI=1S/C30H31Cl2N5O2S/c1-17-15-30(2,3)36(4)25-14-21(31)20(13-19(17)25)28-27(24-8-6-7-11-33-24)35-29(40)37(28)18-9-10-23(22(32)12-18)34-26(38)16-39-5/h6-15,27-28H,16H2,1-5H3,(H,34,38)(H,35,40)/t27-,28+/m0/s1. The van der Waals surface area contributed by atoms with Crippen LogP contribution in [0.3, 0.4) is 0 Å². The zero-order valence-electron chi connectivity index (χ0n) is 23.0. The normalized spacial score (nSPS) is 19.7. The third-order valence-corrected chi connectivity index (χ3v) is 8.49. The van der Waals surface area contributed by atoms with Gasteiger partial charge in [0.2, 0.25) is 5.91 Å². The van der Waals surface area contributed by atoms with Gasteiger partial charge in [0.15, 0.2) is 5.11 Å². The van der Waals surface area contributed by atoms with Crippen LogP contribution in [0.4, 0.5) is 17.1 Å². The molecular formula is C30H31Cl2N5O2S. The van der Waals surface area contributed by atoms with Gasteiger partial charge in [-0.2, -0.15) is 0 Å². The quantitative estimate of drug-likeness (QED) is 0.304. The predicted octanol–water partition coefficient (Wildman–Crippen LogP) is 6.78. The van der Waals surface area contributed by atoms with Crippen molar-refractivity contribution in [1.29, 1.82) is 0 Å². The fourth-order valence-electron chi connectivity index (χ4n) is 5.44. The predicted molar refractivity (Wildman–Crippen MR) is 167 cm³/mol. The van der Waals surface area contributed by atoms with E-state index in [9.17, 15) is 4.79 Å². The minimum Gasteiger partial charge on any atom is -0.375 e. The van der Waals surface area contributed by atoms with Gasteiger partial charge in [-0.05, 0) is 86.6 Å². The van der Waals surface area contributed by atoms with Gasteiger partial charge < -0.3 is 25.2 Å². The number of amides is 1. The van der Waals surface area contributed by atoms with E-state index in [1.54, 1.807) is 18.3 Å². The van der Waals surface area contributed by atoms with Crippen LogP contribution in [0.2, 0.25) is 10.0 Å². The molecule has 5 rings (SSSR count). The van der Waals surface area contributed by atoms with E-state index < -0.39 is 0 Å². The van der Waals surface area contributed by atoms with Gasteiger partial charge in [-0.1, -0.05) is 35.3 Å². The molecule has 0 spiro atoms. The summed E-state index contributed by atoms with van der Waals surface area (Å²) >= 11 is 19.6. The maximum atomic E-state index is 12.1. The number of carbonyl (C=O) groups excluding carboxylic acids is 1. The van der Waals surface area contributed by atoms with Crippen LogP contribution in [-0.4, -0.2) is 42.3 Å². The summed E-state index contributed by atoms with van der Waals surface area (Å²) in [6, 6.07) is 14.9. The number of hydrogen-bond acceptors (Lipinski definition) is 5.